The monoisotopic (exact) mass is 225 g/mol. The predicted octanol–water partition coefficient (Wildman–Crippen LogP) is 3.95. The molecule has 0 aliphatic heterocycles. The third-order valence-electron chi connectivity index (χ3n) is 2.98. The van der Waals surface area contributed by atoms with Crippen LogP contribution >= 0.6 is 0 Å². The minimum absolute atomic E-state index is 0.294. The molecule has 17 heavy (non-hydrogen) atoms. The highest BCUT2D eigenvalue weighted by Crippen LogP contribution is 2.23. The molecule has 0 N–H and O–H groups in total. The molecule has 2 rings (SSSR count). The molecule has 0 radical (unpaired) electrons. The van der Waals surface area contributed by atoms with E-state index < -0.39 is 0 Å². The molecule has 1 aromatic rings. The van der Waals surface area contributed by atoms with Crippen LogP contribution in [-0.4, -0.2) is 12.6 Å². The summed E-state index contributed by atoms with van der Waals surface area (Å²) in [6, 6.07) is 10.8. The lowest BCUT2D eigenvalue weighted by Gasteiger charge is -2.33. The molecule has 0 aromatic heterocycles. The Morgan fingerprint density at radius 2 is 1.94 bits per heavy atom. The molecule has 1 nitrogen and oxygen atoms in total. The van der Waals surface area contributed by atoms with Crippen LogP contribution in [-0.2, 0) is 0 Å². The van der Waals surface area contributed by atoms with Gasteiger partial charge in [-0.1, -0.05) is 56.0 Å². The molecule has 0 amide bonds. The van der Waals surface area contributed by atoms with Gasteiger partial charge in [-0.05, 0) is 24.1 Å². The highest BCUT2D eigenvalue weighted by molar-refractivity contribution is 5.53. The lowest BCUT2D eigenvalue weighted by atomic mass is 10.0. The molecule has 0 saturated heterocycles. The zero-order valence-corrected chi connectivity index (χ0v) is 10.3. The number of hydrogen-bond donors (Lipinski definition) is 0. The number of allylic oxidation sites excluding steroid dienone is 2. The first-order chi connectivity index (χ1) is 8.33. The number of benzene rings is 1. The maximum atomic E-state index is 4.14. The molecular weight excluding hydrogens is 206 g/mol. The van der Waals surface area contributed by atoms with E-state index in [1.165, 1.54) is 5.69 Å². The summed E-state index contributed by atoms with van der Waals surface area (Å²) in [7, 11) is 0. The van der Waals surface area contributed by atoms with Crippen LogP contribution in [0.2, 0.25) is 0 Å². The van der Waals surface area contributed by atoms with Crippen molar-refractivity contribution in [1.29, 1.82) is 0 Å². The van der Waals surface area contributed by atoms with E-state index in [4.69, 9.17) is 0 Å². The Morgan fingerprint density at radius 3 is 2.59 bits per heavy atom. The zero-order valence-electron chi connectivity index (χ0n) is 10.3. The molecule has 1 aromatic carbocycles. The van der Waals surface area contributed by atoms with Gasteiger partial charge >= 0.3 is 0 Å². The topological polar surface area (TPSA) is 3.24 Å². The minimum atomic E-state index is 0.294. The summed E-state index contributed by atoms with van der Waals surface area (Å²) < 4.78 is 0. The Kier molecular flexibility index (Phi) is 3.81. The molecule has 1 unspecified atom stereocenters. The molecule has 0 spiro atoms. The van der Waals surface area contributed by atoms with Gasteiger partial charge in [-0.3, -0.25) is 0 Å². The number of nitrogens with zero attached hydrogens (tertiary/aromatic N) is 1. The molecule has 0 saturated carbocycles. The van der Waals surface area contributed by atoms with Gasteiger partial charge in [-0.25, -0.2) is 0 Å². The molecule has 1 aliphatic rings. The highest BCUT2D eigenvalue weighted by Gasteiger charge is 2.18. The Hall–Kier alpha value is -1.76. The number of rotatable bonds is 4. The lowest BCUT2D eigenvalue weighted by Crippen LogP contribution is -2.36. The fourth-order valence-electron chi connectivity index (χ4n) is 2.16. The summed E-state index contributed by atoms with van der Waals surface area (Å²) in [5, 5.41) is 0. The third-order valence-corrected chi connectivity index (χ3v) is 2.98. The second kappa shape index (κ2) is 5.53. The van der Waals surface area contributed by atoms with E-state index in [1.807, 2.05) is 6.08 Å². The second-order valence-electron chi connectivity index (χ2n) is 4.29. The van der Waals surface area contributed by atoms with Crippen molar-refractivity contribution in [3.8, 4) is 0 Å². The smallest absolute Gasteiger partial charge is 0.0723 e. The Labute approximate surface area is 104 Å². The third kappa shape index (κ3) is 2.68. The summed E-state index contributed by atoms with van der Waals surface area (Å²) in [5.41, 5.74) is 2.42. The zero-order chi connectivity index (χ0) is 12.1. The second-order valence-corrected chi connectivity index (χ2v) is 4.29. The van der Waals surface area contributed by atoms with Gasteiger partial charge in [0.2, 0.25) is 0 Å². The first-order valence-corrected chi connectivity index (χ1v) is 6.18. The van der Waals surface area contributed by atoms with Gasteiger partial charge in [0, 0.05) is 12.2 Å². The highest BCUT2D eigenvalue weighted by atomic mass is 15.2. The van der Waals surface area contributed by atoms with E-state index in [9.17, 15) is 0 Å². The molecule has 0 heterocycles. The van der Waals surface area contributed by atoms with Crippen molar-refractivity contribution in [2.24, 2.45) is 0 Å². The van der Waals surface area contributed by atoms with E-state index in [0.717, 1.165) is 18.5 Å². The maximum Gasteiger partial charge on any atom is 0.0723 e. The van der Waals surface area contributed by atoms with E-state index >= 15 is 0 Å². The average molecular weight is 225 g/mol. The number of para-hydroxylation sites is 1. The summed E-state index contributed by atoms with van der Waals surface area (Å²) in [4.78, 5) is 2.41. The van der Waals surface area contributed by atoms with Crippen LogP contribution in [0.5, 0.6) is 0 Å². The minimum Gasteiger partial charge on any atom is -0.361 e. The Balaban J connectivity index is 2.26. The van der Waals surface area contributed by atoms with Gasteiger partial charge < -0.3 is 4.90 Å². The fourth-order valence-corrected chi connectivity index (χ4v) is 2.16. The van der Waals surface area contributed by atoms with Crippen LogP contribution in [0, 0.1) is 0 Å². The van der Waals surface area contributed by atoms with Gasteiger partial charge in [0.15, 0.2) is 0 Å². The van der Waals surface area contributed by atoms with E-state index in [1.54, 1.807) is 0 Å². The van der Waals surface area contributed by atoms with E-state index in [-0.39, 0.29) is 0 Å². The molecule has 0 fully saturated rings. The first kappa shape index (κ1) is 11.7. The van der Waals surface area contributed by atoms with Crippen molar-refractivity contribution in [2.75, 3.05) is 11.4 Å². The normalized spacial score (nSPS) is 18.4. The van der Waals surface area contributed by atoms with Crippen molar-refractivity contribution in [1.82, 2.24) is 0 Å². The Morgan fingerprint density at radius 1 is 1.18 bits per heavy atom. The lowest BCUT2D eigenvalue weighted by molar-refractivity contribution is 0.737. The molecule has 0 bridgehead atoms. The fraction of sp³-hybridized carbons (Fsp3) is 0.250. The summed E-state index contributed by atoms with van der Waals surface area (Å²) in [6.45, 7) is 7.40. The van der Waals surface area contributed by atoms with Crippen LogP contribution in [0.1, 0.15) is 13.3 Å². The van der Waals surface area contributed by atoms with E-state index in [2.05, 4.69) is 67.0 Å². The van der Waals surface area contributed by atoms with Gasteiger partial charge in [-0.2, -0.15) is 0 Å². The van der Waals surface area contributed by atoms with Crippen LogP contribution in [0.3, 0.4) is 0 Å². The van der Waals surface area contributed by atoms with Crippen LogP contribution in [0.15, 0.2) is 66.8 Å². The molecule has 88 valence electrons. The average Bonchev–Trinajstić information content (AvgIpc) is 2.38. The molecular formula is C16H19N. The van der Waals surface area contributed by atoms with Gasteiger partial charge in [0.25, 0.3) is 0 Å². The van der Waals surface area contributed by atoms with Crippen molar-refractivity contribution in [3.05, 3.63) is 66.8 Å². The quantitative estimate of drug-likeness (QED) is 0.750. The van der Waals surface area contributed by atoms with Crippen LogP contribution in [0.4, 0.5) is 5.69 Å². The molecule has 1 atom stereocenters. The van der Waals surface area contributed by atoms with Crippen molar-refractivity contribution >= 4 is 5.69 Å². The summed E-state index contributed by atoms with van der Waals surface area (Å²) in [6.07, 6.45) is 9.59. The van der Waals surface area contributed by atoms with Crippen molar-refractivity contribution in [2.45, 2.75) is 19.4 Å². The summed E-state index contributed by atoms with van der Waals surface area (Å²) >= 11 is 0. The van der Waals surface area contributed by atoms with Crippen LogP contribution < -0.4 is 4.90 Å². The maximum absolute atomic E-state index is 4.14. The van der Waals surface area contributed by atoms with Gasteiger partial charge in [0.05, 0.1) is 6.04 Å². The van der Waals surface area contributed by atoms with E-state index in [0.29, 0.717) is 6.04 Å². The number of hydrogen-bond acceptors (Lipinski definition) is 1. The van der Waals surface area contributed by atoms with Crippen LogP contribution in [0.25, 0.3) is 0 Å². The Bertz CT molecular complexity index is 428. The molecule has 1 heteroatoms. The standard InChI is InChI=1S/C16H19N/c1-3-13-17(15-10-5-4-6-11-15)16-12-8-7-9-14(16)2/h4-12,16H,2-3,13H2,1H3. The van der Waals surface area contributed by atoms with Crippen molar-refractivity contribution in [3.63, 3.8) is 0 Å². The number of anilines is 1. The summed E-state index contributed by atoms with van der Waals surface area (Å²) in [5.74, 6) is 0. The van der Waals surface area contributed by atoms with Crippen molar-refractivity contribution < 1.29 is 0 Å². The first-order valence-electron chi connectivity index (χ1n) is 6.18. The SMILES string of the molecule is C=C1C=CC=CC1N(CCC)c1ccccc1. The largest absolute Gasteiger partial charge is 0.361 e. The van der Waals surface area contributed by atoms with Gasteiger partial charge in [-0.15, -0.1) is 0 Å². The predicted molar refractivity (Wildman–Crippen MR) is 75.3 cm³/mol. The van der Waals surface area contributed by atoms with Gasteiger partial charge in [0.1, 0.15) is 0 Å². The molecule has 1 aliphatic carbocycles.